The molecule has 4 rings (SSSR count). The summed E-state index contributed by atoms with van der Waals surface area (Å²) in [4.78, 5) is 34.3. The molecule has 0 radical (unpaired) electrons. The molecule has 2 aromatic heterocycles. The molecule has 7 heteroatoms. The van der Waals surface area contributed by atoms with Crippen LogP contribution in [-0.4, -0.2) is 37.5 Å². The van der Waals surface area contributed by atoms with Crippen LogP contribution in [0.4, 0.5) is 0 Å². The van der Waals surface area contributed by atoms with Crippen LogP contribution in [0.1, 0.15) is 36.0 Å². The predicted octanol–water partition coefficient (Wildman–Crippen LogP) is 1.79. The Kier molecular flexibility index (Phi) is 3.48. The maximum Gasteiger partial charge on any atom is 0.267 e. The van der Waals surface area contributed by atoms with Crippen molar-refractivity contribution in [2.45, 2.75) is 32.2 Å². The van der Waals surface area contributed by atoms with Crippen molar-refractivity contribution in [3.63, 3.8) is 0 Å². The number of imidazole rings is 1. The molecule has 1 aliphatic heterocycles. The highest BCUT2D eigenvalue weighted by Gasteiger charge is 2.32. The molecule has 124 valence electrons. The number of carbonyl (C=O) groups is 1. The number of aromatic amines is 3. The van der Waals surface area contributed by atoms with Crippen molar-refractivity contribution in [2.75, 3.05) is 6.54 Å². The minimum atomic E-state index is -0.222. The maximum absolute atomic E-state index is 12.7. The van der Waals surface area contributed by atoms with Crippen molar-refractivity contribution in [3.05, 3.63) is 51.7 Å². The molecule has 0 saturated carbocycles. The van der Waals surface area contributed by atoms with E-state index in [2.05, 4.69) is 20.2 Å². The van der Waals surface area contributed by atoms with Crippen LogP contribution in [0.25, 0.3) is 11.0 Å². The maximum atomic E-state index is 12.7. The predicted molar refractivity (Wildman–Crippen MR) is 89.6 cm³/mol. The molecule has 3 heterocycles. The molecule has 1 amide bonds. The van der Waals surface area contributed by atoms with Crippen LogP contribution in [0.2, 0.25) is 0 Å². The number of amides is 1. The molecule has 7 nitrogen and oxygen atoms in total. The summed E-state index contributed by atoms with van der Waals surface area (Å²) in [6, 6.07) is 7.80. The average molecular weight is 325 g/mol. The van der Waals surface area contributed by atoms with Gasteiger partial charge in [0.2, 0.25) is 5.91 Å². The van der Waals surface area contributed by atoms with Crippen molar-refractivity contribution in [1.82, 2.24) is 25.1 Å². The Bertz CT molecular complexity index is 918. The minimum Gasteiger partial charge on any atom is -0.340 e. The van der Waals surface area contributed by atoms with Gasteiger partial charge in [0.05, 0.1) is 23.5 Å². The number of hydrogen-bond donors (Lipinski definition) is 3. The van der Waals surface area contributed by atoms with E-state index in [9.17, 15) is 9.59 Å². The van der Waals surface area contributed by atoms with Gasteiger partial charge in [-0.1, -0.05) is 12.1 Å². The second-order valence-corrected chi connectivity index (χ2v) is 6.24. The number of aromatic nitrogens is 4. The molecule has 0 unspecified atom stereocenters. The molecular formula is C17H19N5O2. The third-order valence-corrected chi connectivity index (χ3v) is 4.71. The zero-order chi connectivity index (χ0) is 16.7. The van der Waals surface area contributed by atoms with E-state index in [0.717, 1.165) is 29.7 Å². The second-order valence-electron chi connectivity index (χ2n) is 6.24. The van der Waals surface area contributed by atoms with E-state index in [1.165, 1.54) is 0 Å². The van der Waals surface area contributed by atoms with Gasteiger partial charge < -0.3 is 15.0 Å². The molecular weight excluding hydrogens is 306 g/mol. The molecule has 1 fully saturated rings. The van der Waals surface area contributed by atoms with Gasteiger partial charge in [-0.05, 0) is 31.9 Å². The summed E-state index contributed by atoms with van der Waals surface area (Å²) >= 11 is 0. The monoisotopic (exact) mass is 325 g/mol. The van der Waals surface area contributed by atoms with Gasteiger partial charge in [0.15, 0.2) is 0 Å². The van der Waals surface area contributed by atoms with Gasteiger partial charge in [-0.2, -0.15) is 0 Å². The third-order valence-electron chi connectivity index (χ3n) is 4.71. The highest BCUT2D eigenvalue weighted by atomic mass is 16.2. The largest absolute Gasteiger partial charge is 0.340 e. The number of para-hydroxylation sites is 2. The van der Waals surface area contributed by atoms with Crippen LogP contribution in [0.5, 0.6) is 0 Å². The van der Waals surface area contributed by atoms with Gasteiger partial charge in [-0.15, -0.1) is 0 Å². The molecule has 1 saturated heterocycles. The first-order chi connectivity index (χ1) is 11.6. The number of nitrogens with one attached hydrogen (secondary N) is 3. The third kappa shape index (κ3) is 2.42. The SMILES string of the molecule is Cc1[nH][nH]c(=O)c1CC(=O)N1CCC[C@@H]1c1nc2ccccc2[nH]1. The van der Waals surface area contributed by atoms with Crippen LogP contribution in [0, 0.1) is 6.92 Å². The molecule has 0 spiro atoms. The summed E-state index contributed by atoms with van der Waals surface area (Å²) < 4.78 is 0. The van der Waals surface area contributed by atoms with Gasteiger partial charge >= 0.3 is 0 Å². The van der Waals surface area contributed by atoms with Crippen LogP contribution in [0.15, 0.2) is 29.1 Å². The van der Waals surface area contributed by atoms with Crippen molar-refractivity contribution < 1.29 is 4.79 Å². The van der Waals surface area contributed by atoms with Crippen LogP contribution in [0.3, 0.4) is 0 Å². The smallest absolute Gasteiger partial charge is 0.267 e. The molecule has 1 aromatic carbocycles. The number of hydrogen-bond acceptors (Lipinski definition) is 3. The molecule has 3 N–H and O–H groups in total. The van der Waals surface area contributed by atoms with Crippen LogP contribution in [-0.2, 0) is 11.2 Å². The normalized spacial score (nSPS) is 17.7. The molecule has 1 atom stereocenters. The highest BCUT2D eigenvalue weighted by Crippen LogP contribution is 2.31. The van der Waals surface area contributed by atoms with Crippen molar-refractivity contribution in [1.29, 1.82) is 0 Å². The first kappa shape index (κ1) is 14.7. The summed E-state index contributed by atoms with van der Waals surface area (Å²) in [6.45, 7) is 2.49. The van der Waals surface area contributed by atoms with Crippen molar-refractivity contribution >= 4 is 16.9 Å². The number of aryl methyl sites for hydroxylation is 1. The van der Waals surface area contributed by atoms with E-state index in [-0.39, 0.29) is 23.9 Å². The Morgan fingerprint density at radius 1 is 1.33 bits per heavy atom. The van der Waals surface area contributed by atoms with E-state index in [4.69, 9.17) is 0 Å². The van der Waals surface area contributed by atoms with Gasteiger partial charge in [-0.3, -0.25) is 14.7 Å². The fourth-order valence-corrected chi connectivity index (χ4v) is 3.42. The summed E-state index contributed by atoms with van der Waals surface area (Å²) in [7, 11) is 0. The number of H-pyrrole nitrogens is 3. The Morgan fingerprint density at radius 3 is 2.92 bits per heavy atom. The van der Waals surface area contributed by atoms with Gasteiger partial charge in [-0.25, -0.2) is 4.98 Å². The number of carbonyl (C=O) groups excluding carboxylic acids is 1. The Morgan fingerprint density at radius 2 is 2.17 bits per heavy atom. The lowest BCUT2D eigenvalue weighted by Gasteiger charge is -2.23. The number of fused-ring (bicyclic) bond motifs is 1. The second kappa shape index (κ2) is 5.67. The molecule has 0 bridgehead atoms. The van der Waals surface area contributed by atoms with Crippen molar-refractivity contribution in [3.8, 4) is 0 Å². The standard InChI is InChI=1S/C17H19N5O2/c1-10-11(17(24)21-20-10)9-15(23)22-8-4-7-14(22)16-18-12-5-2-3-6-13(12)19-16/h2-3,5-6,14H,4,7-9H2,1H3,(H,18,19)(H2,20,21,24)/t14-/m1/s1. The zero-order valence-electron chi connectivity index (χ0n) is 13.4. The zero-order valence-corrected chi connectivity index (χ0v) is 13.4. The van der Waals surface area contributed by atoms with Gasteiger partial charge in [0, 0.05) is 17.8 Å². The van der Waals surface area contributed by atoms with E-state index < -0.39 is 0 Å². The molecule has 1 aliphatic rings. The molecule has 24 heavy (non-hydrogen) atoms. The van der Waals surface area contributed by atoms with Gasteiger partial charge in [0.1, 0.15) is 5.82 Å². The van der Waals surface area contributed by atoms with Crippen molar-refractivity contribution in [2.24, 2.45) is 0 Å². The first-order valence-corrected chi connectivity index (χ1v) is 8.13. The fraction of sp³-hybridized carbons (Fsp3) is 0.353. The topological polar surface area (TPSA) is 97.6 Å². The fourth-order valence-electron chi connectivity index (χ4n) is 3.42. The Balaban J connectivity index is 1.60. The molecule has 3 aromatic rings. The highest BCUT2D eigenvalue weighted by molar-refractivity contribution is 5.80. The number of likely N-dealkylation sites (tertiary alicyclic amines) is 1. The minimum absolute atomic E-state index is 0.0360. The van der Waals surface area contributed by atoms with E-state index >= 15 is 0 Å². The van der Waals surface area contributed by atoms with E-state index in [1.807, 2.05) is 29.2 Å². The lowest BCUT2D eigenvalue weighted by molar-refractivity contribution is -0.131. The summed E-state index contributed by atoms with van der Waals surface area (Å²) in [5.41, 5.74) is 2.89. The van der Waals surface area contributed by atoms with Crippen LogP contribution < -0.4 is 5.56 Å². The molecule has 0 aliphatic carbocycles. The lowest BCUT2D eigenvalue weighted by atomic mass is 10.1. The lowest BCUT2D eigenvalue weighted by Crippen LogP contribution is -2.33. The summed E-state index contributed by atoms with van der Waals surface area (Å²) in [6.07, 6.45) is 1.94. The van der Waals surface area contributed by atoms with E-state index in [0.29, 0.717) is 17.8 Å². The summed E-state index contributed by atoms with van der Waals surface area (Å²) in [5, 5.41) is 5.29. The van der Waals surface area contributed by atoms with Gasteiger partial charge in [0.25, 0.3) is 5.56 Å². The summed E-state index contributed by atoms with van der Waals surface area (Å²) in [5.74, 6) is 0.785. The Hall–Kier alpha value is -2.83. The number of benzene rings is 1. The van der Waals surface area contributed by atoms with E-state index in [1.54, 1.807) is 6.92 Å². The number of nitrogens with zero attached hydrogens (tertiary/aromatic N) is 2. The van der Waals surface area contributed by atoms with Crippen LogP contribution >= 0.6 is 0 Å². The quantitative estimate of drug-likeness (QED) is 0.685. The Labute approximate surface area is 138 Å². The first-order valence-electron chi connectivity index (χ1n) is 8.13. The average Bonchev–Trinajstić information content (AvgIpc) is 3.28. The number of rotatable bonds is 3.